The van der Waals surface area contributed by atoms with Gasteiger partial charge < -0.3 is 9.88 Å². The SMILES string of the molecule is c1cc(-n2cncc2C2CCCN2)ccn1. The molecule has 1 atom stereocenters. The van der Waals surface area contributed by atoms with Crippen molar-refractivity contribution in [3.8, 4) is 5.69 Å². The summed E-state index contributed by atoms with van der Waals surface area (Å²) in [5, 5.41) is 3.49. The quantitative estimate of drug-likeness (QED) is 0.827. The van der Waals surface area contributed by atoms with E-state index in [1.807, 2.05) is 24.7 Å². The third kappa shape index (κ3) is 1.61. The van der Waals surface area contributed by atoms with E-state index in [9.17, 15) is 0 Å². The Morgan fingerprint density at radius 2 is 2.12 bits per heavy atom. The second-order valence-electron chi connectivity index (χ2n) is 4.04. The van der Waals surface area contributed by atoms with Crippen LogP contribution in [-0.2, 0) is 0 Å². The minimum absolute atomic E-state index is 0.440. The first kappa shape index (κ1) is 9.54. The minimum Gasteiger partial charge on any atom is -0.309 e. The van der Waals surface area contributed by atoms with Crippen LogP contribution in [0.2, 0.25) is 0 Å². The molecule has 3 rings (SSSR count). The average Bonchev–Trinajstić information content (AvgIpc) is 3.01. The molecular weight excluding hydrogens is 200 g/mol. The zero-order valence-electron chi connectivity index (χ0n) is 9.00. The van der Waals surface area contributed by atoms with E-state index in [0.717, 1.165) is 12.2 Å². The molecule has 0 aliphatic carbocycles. The second-order valence-corrected chi connectivity index (χ2v) is 4.04. The Balaban J connectivity index is 1.99. The fraction of sp³-hybridized carbons (Fsp3) is 0.333. The molecule has 4 nitrogen and oxygen atoms in total. The van der Waals surface area contributed by atoms with Crippen LogP contribution < -0.4 is 5.32 Å². The van der Waals surface area contributed by atoms with E-state index in [-0.39, 0.29) is 0 Å². The van der Waals surface area contributed by atoms with Crippen molar-refractivity contribution in [2.24, 2.45) is 0 Å². The summed E-state index contributed by atoms with van der Waals surface area (Å²) in [7, 11) is 0. The van der Waals surface area contributed by atoms with Crippen molar-refractivity contribution in [1.82, 2.24) is 19.9 Å². The van der Waals surface area contributed by atoms with E-state index in [1.54, 1.807) is 12.4 Å². The molecule has 3 heterocycles. The Labute approximate surface area is 94.4 Å². The highest BCUT2D eigenvalue weighted by Gasteiger charge is 2.19. The van der Waals surface area contributed by atoms with Crippen molar-refractivity contribution in [3.05, 3.63) is 42.7 Å². The summed E-state index contributed by atoms with van der Waals surface area (Å²) in [4.78, 5) is 8.28. The van der Waals surface area contributed by atoms with Gasteiger partial charge in [0.15, 0.2) is 0 Å². The van der Waals surface area contributed by atoms with Gasteiger partial charge in [-0.1, -0.05) is 0 Å². The van der Waals surface area contributed by atoms with Crippen LogP contribution in [0, 0.1) is 0 Å². The number of nitrogens with zero attached hydrogens (tertiary/aromatic N) is 3. The molecule has 1 fully saturated rings. The van der Waals surface area contributed by atoms with Gasteiger partial charge in [0.1, 0.15) is 0 Å². The van der Waals surface area contributed by atoms with Gasteiger partial charge in [0.2, 0.25) is 0 Å². The summed E-state index contributed by atoms with van der Waals surface area (Å²) in [6.07, 6.45) is 9.86. The van der Waals surface area contributed by atoms with Gasteiger partial charge in [-0.25, -0.2) is 4.98 Å². The lowest BCUT2D eigenvalue weighted by molar-refractivity contribution is 0.615. The van der Waals surface area contributed by atoms with E-state index in [1.165, 1.54) is 18.5 Å². The Morgan fingerprint density at radius 3 is 2.88 bits per heavy atom. The van der Waals surface area contributed by atoms with E-state index >= 15 is 0 Å². The molecule has 0 bridgehead atoms. The molecule has 1 aliphatic heterocycles. The summed E-state index contributed by atoms with van der Waals surface area (Å²) >= 11 is 0. The molecule has 82 valence electrons. The normalized spacial score (nSPS) is 20.1. The molecule has 16 heavy (non-hydrogen) atoms. The highest BCUT2D eigenvalue weighted by molar-refractivity contribution is 5.32. The molecule has 1 unspecified atom stereocenters. The van der Waals surface area contributed by atoms with Crippen LogP contribution in [0.3, 0.4) is 0 Å². The summed E-state index contributed by atoms with van der Waals surface area (Å²) < 4.78 is 2.13. The Bertz CT molecular complexity index is 457. The number of hydrogen-bond acceptors (Lipinski definition) is 3. The van der Waals surface area contributed by atoms with Crippen LogP contribution in [0.5, 0.6) is 0 Å². The maximum atomic E-state index is 4.25. The topological polar surface area (TPSA) is 42.7 Å². The van der Waals surface area contributed by atoms with E-state index < -0.39 is 0 Å². The third-order valence-corrected chi connectivity index (χ3v) is 3.03. The molecule has 0 spiro atoms. The lowest BCUT2D eigenvalue weighted by Crippen LogP contribution is -2.16. The first-order chi connectivity index (χ1) is 7.95. The van der Waals surface area contributed by atoms with Crippen molar-refractivity contribution in [3.63, 3.8) is 0 Å². The van der Waals surface area contributed by atoms with Gasteiger partial charge in [-0.15, -0.1) is 0 Å². The molecule has 1 N–H and O–H groups in total. The third-order valence-electron chi connectivity index (χ3n) is 3.03. The molecule has 1 aliphatic rings. The molecule has 1 saturated heterocycles. The highest BCUT2D eigenvalue weighted by Crippen LogP contribution is 2.24. The van der Waals surface area contributed by atoms with Gasteiger partial charge in [-0.2, -0.15) is 0 Å². The fourth-order valence-electron chi connectivity index (χ4n) is 2.22. The van der Waals surface area contributed by atoms with Crippen molar-refractivity contribution in [2.75, 3.05) is 6.54 Å². The van der Waals surface area contributed by atoms with E-state index in [2.05, 4.69) is 19.9 Å². The average molecular weight is 214 g/mol. The van der Waals surface area contributed by atoms with Crippen LogP contribution >= 0.6 is 0 Å². The predicted molar refractivity (Wildman–Crippen MR) is 61.3 cm³/mol. The number of rotatable bonds is 2. The Kier molecular flexibility index (Phi) is 2.42. The molecule has 2 aromatic rings. The molecule has 0 radical (unpaired) electrons. The zero-order chi connectivity index (χ0) is 10.8. The van der Waals surface area contributed by atoms with Crippen molar-refractivity contribution < 1.29 is 0 Å². The van der Waals surface area contributed by atoms with E-state index in [4.69, 9.17) is 0 Å². The Hall–Kier alpha value is -1.68. The summed E-state index contributed by atoms with van der Waals surface area (Å²) in [6.45, 7) is 1.10. The summed E-state index contributed by atoms with van der Waals surface area (Å²) in [5.41, 5.74) is 2.36. The molecule has 4 heteroatoms. The van der Waals surface area contributed by atoms with Crippen molar-refractivity contribution in [1.29, 1.82) is 0 Å². The largest absolute Gasteiger partial charge is 0.309 e. The van der Waals surface area contributed by atoms with Crippen LogP contribution in [0.1, 0.15) is 24.6 Å². The van der Waals surface area contributed by atoms with E-state index in [0.29, 0.717) is 6.04 Å². The summed E-state index contributed by atoms with van der Waals surface area (Å²) in [6, 6.07) is 4.44. The van der Waals surface area contributed by atoms with Crippen LogP contribution in [0.15, 0.2) is 37.1 Å². The molecule has 0 amide bonds. The maximum Gasteiger partial charge on any atom is 0.0994 e. The minimum atomic E-state index is 0.440. The van der Waals surface area contributed by atoms with Gasteiger partial charge in [-0.3, -0.25) is 4.98 Å². The fourth-order valence-corrected chi connectivity index (χ4v) is 2.22. The Morgan fingerprint density at radius 1 is 1.25 bits per heavy atom. The first-order valence-corrected chi connectivity index (χ1v) is 5.61. The molecule has 2 aromatic heterocycles. The second kappa shape index (κ2) is 4.06. The lowest BCUT2D eigenvalue weighted by atomic mass is 10.1. The van der Waals surface area contributed by atoms with Gasteiger partial charge in [0, 0.05) is 24.1 Å². The summed E-state index contributed by atoms with van der Waals surface area (Å²) in [5.74, 6) is 0. The zero-order valence-corrected chi connectivity index (χ0v) is 9.00. The van der Waals surface area contributed by atoms with Crippen LogP contribution in [-0.4, -0.2) is 21.1 Å². The van der Waals surface area contributed by atoms with Gasteiger partial charge >= 0.3 is 0 Å². The standard InChI is InChI=1S/C12H14N4/c1-2-11(15-5-1)12-8-14-9-16(12)10-3-6-13-7-4-10/h3-4,6-9,11,15H,1-2,5H2. The lowest BCUT2D eigenvalue weighted by Gasteiger charge is -2.13. The van der Waals surface area contributed by atoms with Crippen molar-refractivity contribution >= 4 is 0 Å². The number of hydrogen-bond donors (Lipinski definition) is 1. The smallest absolute Gasteiger partial charge is 0.0994 e. The number of imidazole rings is 1. The van der Waals surface area contributed by atoms with Gasteiger partial charge in [0.25, 0.3) is 0 Å². The van der Waals surface area contributed by atoms with Crippen LogP contribution in [0.4, 0.5) is 0 Å². The van der Waals surface area contributed by atoms with Gasteiger partial charge in [-0.05, 0) is 31.5 Å². The number of aromatic nitrogens is 3. The number of pyridine rings is 1. The molecular formula is C12H14N4. The van der Waals surface area contributed by atoms with Gasteiger partial charge in [0.05, 0.1) is 18.2 Å². The first-order valence-electron chi connectivity index (χ1n) is 5.61. The molecule has 0 saturated carbocycles. The predicted octanol–water partition coefficient (Wildman–Crippen LogP) is 1.69. The maximum absolute atomic E-state index is 4.25. The monoisotopic (exact) mass is 214 g/mol. The molecule has 0 aromatic carbocycles. The number of nitrogens with one attached hydrogen (secondary N) is 1. The van der Waals surface area contributed by atoms with Crippen molar-refractivity contribution in [2.45, 2.75) is 18.9 Å². The van der Waals surface area contributed by atoms with Crippen LogP contribution in [0.25, 0.3) is 5.69 Å². The highest BCUT2D eigenvalue weighted by atomic mass is 15.1.